The molecular formula is C14H27NO. The lowest BCUT2D eigenvalue weighted by molar-refractivity contribution is -0.131. The van der Waals surface area contributed by atoms with Crippen molar-refractivity contribution < 1.29 is 4.79 Å². The number of carbonyl (C=O) groups excluding carboxylic acids is 1. The van der Waals surface area contributed by atoms with Crippen LogP contribution in [0, 0.1) is 17.3 Å². The van der Waals surface area contributed by atoms with Gasteiger partial charge < -0.3 is 5.32 Å². The molecule has 0 aromatic rings. The van der Waals surface area contributed by atoms with Crippen molar-refractivity contribution in [1.82, 2.24) is 5.32 Å². The summed E-state index contributed by atoms with van der Waals surface area (Å²) in [6.45, 7) is 10.7. The average Bonchev–Trinajstić information content (AvgIpc) is 2.67. The number of nitrogens with one attached hydrogen (secondary N) is 1. The third-order valence-electron chi connectivity index (χ3n) is 4.16. The van der Waals surface area contributed by atoms with Gasteiger partial charge in [-0.05, 0) is 24.8 Å². The highest BCUT2D eigenvalue weighted by Crippen LogP contribution is 2.37. The summed E-state index contributed by atoms with van der Waals surface area (Å²) in [6, 6.07) is 0. The van der Waals surface area contributed by atoms with E-state index in [2.05, 4.69) is 33.0 Å². The van der Waals surface area contributed by atoms with Crippen molar-refractivity contribution in [3.63, 3.8) is 0 Å². The van der Waals surface area contributed by atoms with Crippen LogP contribution in [0.4, 0.5) is 0 Å². The number of hydrogen-bond acceptors (Lipinski definition) is 2. The first-order valence-electron chi connectivity index (χ1n) is 6.77. The normalized spacial score (nSPS) is 27.3. The molecule has 0 aromatic carbocycles. The molecule has 0 aliphatic carbocycles. The molecule has 1 rings (SSSR count). The van der Waals surface area contributed by atoms with Crippen molar-refractivity contribution in [2.24, 2.45) is 17.3 Å². The second-order valence-electron chi connectivity index (χ2n) is 5.76. The van der Waals surface area contributed by atoms with Crippen molar-refractivity contribution in [2.75, 3.05) is 13.1 Å². The van der Waals surface area contributed by atoms with Crippen LogP contribution in [0.25, 0.3) is 0 Å². The summed E-state index contributed by atoms with van der Waals surface area (Å²) in [7, 11) is 0. The van der Waals surface area contributed by atoms with Crippen molar-refractivity contribution in [3.05, 3.63) is 0 Å². The van der Waals surface area contributed by atoms with E-state index >= 15 is 0 Å². The summed E-state index contributed by atoms with van der Waals surface area (Å²) in [5, 5.41) is 3.36. The van der Waals surface area contributed by atoms with E-state index < -0.39 is 0 Å². The predicted molar refractivity (Wildman–Crippen MR) is 68.5 cm³/mol. The quantitative estimate of drug-likeness (QED) is 0.753. The van der Waals surface area contributed by atoms with Crippen LogP contribution in [0.5, 0.6) is 0 Å². The van der Waals surface area contributed by atoms with Gasteiger partial charge in [0.15, 0.2) is 0 Å². The maximum Gasteiger partial charge on any atom is 0.140 e. The van der Waals surface area contributed by atoms with Gasteiger partial charge >= 0.3 is 0 Å². The third-order valence-corrected chi connectivity index (χ3v) is 4.16. The van der Waals surface area contributed by atoms with Gasteiger partial charge in [0.1, 0.15) is 5.78 Å². The van der Waals surface area contributed by atoms with E-state index in [4.69, 9.17) is 0 Å². The van der Waals surface area contributed by atoms with Crippen molar-refractivity contribution in [1.29, 1.82) is 0 Å². The van der Waals surface area contributed by atoms with Gasteiger partial charge in [-0.2, -0.15) is 0 Å². The van der Waals surface area contributed by atoms with Crippen LogP contribution >= 0.6 is 0 Å². The molecule has 0 bridgehead atoms. The van der Waals surface area contributed by atoms with Gasteiger partial charge in [-0.3, -0.25) is 4.79 Å². The lowest BCUT2D eigenvalue weighted by atomic mass is 9.71. The molecule has 0 radical (unpaired) electrons. The molecule has 1 saturated heterocycles. The lowest BCUT2D eigenvalue weighted by Gasteiger charge is -2.32. The molecule has 0 saturated carbocycles. The standard InChI is InChI=1S/C14H27NO/c1-5-6-12(4)9-13(16)14(11(2)3)7-8-15-10-14/h11-12,15H,5-10H2,1-4H3. The molecule has 2 heteroatoms. The topological polar surface area (TPSA) is 29.1 Å². The molecule has 0 aromatic heterocycles. The maximum atomic E-state index is 12.5. The van der Waals surface area contributed by atoms with Gasteiger partial charge in [0.05, 0.1) is 0 Å². The zero-order valence-electron chi connectivity index (χ0n) is 11.3. The number of ketones is 1. The Morgan fingerprint density at radius 2 is 2.06 bits per heavy atom. The molecule has 16 heavy (non-hydrogen) atoms. The highest BCUT2D eigenvalue weighted by Gasteiger charge is 2.43. The largest absolute Gasteiger partial charge is 0.316 e. The molecule has 2 atom stereocenters. The summed E-state index contributed by atoms with van der Waals surface area (Å²) in [5.74, 6) is 1.51. The molecular weight excluding hydrogens is 198 g/mol. The molecule has 1 aliphatic rings. The summed E-state index contributed by atoms with van der Waals surface area (Å²) >= 11 is 0. The Morgan fingerprint density at radius 1 is 1.38 bits per heavy atom. The number of hydrogen-bond donors (Lipinski definition) is 1. The monoisotopic (exact) mass is 225 g/mol. The Labute approximate surface area is 100 Å². The molecule has 2 unspecified atom stereocenters. The molecule has 1 N–H and O–H groups in total. The summed E-state index contributed by atoms with van der Waals surface area (Å²) < 4.78 is 0. The molecule has 1 heterocycles. The minimum atomic E-state index is -0.0675. The Balaban J connectivity index is 2.62. The second kappa shape index (κ2) is 5.81. The molecule has 2 nitrogen and oxygen atoms in total. The smallest absolute Gasteiger partial charge is 0.140 e. The SMILES string of the molecule is CCCC(C)CC(=O)C1(C(C)C)CCNC1. The summed E-state index contributed by atoms with van der Waals surface area (Å²) in [4.78, 5) is 12.5. The van der Waals surface area contributed by atoms with Crippen LogP contribution in [0.1, 0.15) is 53.4 Å². The van der Waals surface area contributed by atoms with Gasteiger partial charge in [-0.15, -0.1) is 0 Å². The minimum absolute atomic E-state index is 0.0675. The van der Waals surface area contributed by atoms with Crippen molar-refractivity contribution in [3.8, 4) is 0 Å². The average molecular weight is 225 g/mol. The summed E-state index contributed by atoms with van der Waals surface area (Å²) in [6.07, 6.45) is 4.16. The van der Waals surface area contributed by atoms with E-state index in [1.165, 1.54) is 12.8 Å². The van der Waals surface area contributed by atoms with E-state index in [-0.39, 0.29) is 5.41 Å². The number of Topliss-reactive ketones (excluding diaryl/α,β-unsaturated/α-hetero) is 1. The van der Waals surface area contributed by atoms with Crippen LogP contribution in [-0.2, 0) is 4.79 Å². The Bertz CT molecular complexity index is 229. The Hall–Kier alpha value is -0.370. The molecule has 94 valence electrons. The Kier molecular flexibility index (Phi) is 4.97. The highest BCUT2D eigenvalue weighted by molar-refractivity contribution is 5.86. The van der Waals surface area contributed by atoms with Gasteiger partial charge in [0, 0.05) is 18.4 Å². The van der Waals surface area contributed by atoms with Crippen LogP contribution < -0.4 is 5.32 Å². The van der Waals surface area contributed by atoms with Gasteiger partial charge in [0.25, 0.3) is 0 Å². The first-order valence-corrected chi connectivity index (χ1v) is 6.77. The van der Waals surface area contributed by atoms with E-state index in [0.717, 1.165) is 25.9 Å². The fraction of sp³-hybridized carbons (Fsp3) is 0.929. The van der Waals surface area contributed by atoms with Gasteiger partial charge in [-0.1, -0.05) is 40.5 Å². The lowest BCUT2D eigenvalue weighted by Crippen LogP contribution is -2.39. The van der Waals surface area contributed by atoms with Crippen LogP contribution in [0.15, 0.2) is 0 Å². The van der Waals surface area contributed by atoms with E-state index in [0.29, 0.717) is 17.6 Å². The molecule has 1 aliphatic heterocycles. The third kappa shape index (κ3) is 2.85. The second-order valence-corrected chi connectivity index (χ2v) is 5.76. The van der Waals surface area contributed by atoms with Crippen molar-refractivity contribution in [2.45, 2.75) is 53.4 Å². The van der Waals surface area contributed by atoms with Crippen LogP contribution in [-0.4, -0.2) is 18.9 Å². The molecule has 0 spiro atoms. The fourth-order valence-electron chi connectivity index (χ4n) is 2.88. The minimum Gasteiger partial charge on any atom is -0.316 e. The maximum absolute atomic E-state index is 12.5. The van der Waals surface area contributed by atoms with Gasteiger partial charge in [-0.25, -0.2) is 0 Å². The zero-order valence-corrected chi connectivity index (χ0v) is 11.3. The number of carbonyl (C=O) groups is 1. The first kappa shape index (κ1) is 13.7. The Morgan fingerprint density at radius 3 is 2.50 bits per heavy atom. The molecule has 0 amide bonds. The number of rotatable bonds is 6. The first-order chi connectivity index (χ1) is 7.53. The molecule has 1 fully saturated rings. The van der Waals surface area contributed by atoms with E-state index in [1.54, 1.807) is 0 Å². The van der Waals surface area contributed by atoms with Crippen LogP contribution in [0.2, 0.25) is 0 Å². The predicted octanol–water partition coefficient (Wildman–Crippen LogP) is 3.02. The van der Waals surface area contributed by atoms with Crippen molar-refractivity contribution >= 4 is 5.78 Å². The fourth-order valence-corrected chi connectivity index (χ4v) is 2.88. The van der Waals surface area contributed by atoms with Gasteiger partial charge in [0.2, 0.25) is 0 Å². The highest BCUT2D eigenvalue weighted by atomic mass is 16.1. The van der Waals surface area contributed by atoms with E-state index in [9.17, 15) is 4.79 Å². The zero-order chi connectivity index (χ0) is 12.2. The van der Waals surface area contributed by atoms with Crippen LogP contribution in [0.3, 0.4) is 0 Å². The van der Waals surface area contributed by atoms with E-state index in [1.807, 2.05) is 0 Å². The summed E-state index contributed by atoms with van der Waals surface area (Å²) in [5.41, 5.74) is -0.0675.